The number of rotatable bonds is 5. The van der Waals surface area contributed by atoms with Crippen LogP contribution < -0.4 is 16.6 Å². The number of hydrogen-bond donors (Lipinski definition) is 3. The summed E-state index contributed by atoms with van der Waals surface area (Å²) >= 11 is 0. The Hall–Kier alpha value is -1.45. The monoisotopic (exact) mass is 262 g/mol. The second-order valence-electron chi connectivity index (χ2n) is 3.37. The Morgan fingerprint density at radius 1 is 1.41 bits per heavy atom. The lowest BCUT2D eigenvalue weighted by Crippen LogP contribution is -2.37. The summed E-state index contributed by atoms with van der Waals surface area (Å²) in [4.78, 5) is 25.7. The van der Waals surface area contributed by atoms with E-state index < -0.39 is 26.2 Å². The highest BCUT2D eigenvalue weighted by Gasteiger charge is 2.23. The van der Waals surface area contributed by atoms with E-state index in [9.17, 15) is 18.0 Å². The van der Waals surface area contributed by atoms with Gasteiger partial charge in [-0.2, -0.15) is 4.31 Å². The van der Waals surface area contributed by atoms with Crippen molar-refractivity contribution in [3.05, 3.63) is 27.0 Å². The molecule has 0 bridgehead atoms. The first-order chi connectivity index (χ1) is 7.89. The maximum absolute atomic E-state index is 11.9. The standard InChI is InChI=1S/C8H14N4O4S/c1-9-3-4-12(2)17(15,16)6-5-10-8(14)11-7(6)13/h5,9H,3-4H2,1-2H3,(H2,10,11,13,14). The van der Waals surface area contributed by atoms with Gasteiger partial charge in [-0.1, -0.05) is 0 Å². The Kier molecular flexibility index (Phi) is 4.21. The van der Waals surface area contributed by atoms with E-state index in [2.05, 4.69) is 10.3 Å². The molecule has 0 saturated carbocycles. The van der Waals surface area contributed by atoms with Gasteiger partial charge in [0.05, 0.1) is 0 Å². The molecule has 0 radical (unpaired) electrons. The zero-order valence-corrected chi connectivity index (χ0v) is 10.3. The van der Waals surface area contributed by atoms with E-state index in [-0.39, 0.29) is 6.54 Å². The molecule has 0 unspecified atom stereocenters. The quantitative estimate of drug-likeness (QED) is 0.562. The van der Waals surface area contributed by atoms with Gasteiger partial charge in [-0.05, 0) is 7.05 Å². The minimum absolute atomic E-state index is 0.220. The molecule has 1 aromatic rings. The van der Waals surface area contributed by atoms with Crippen molar-refractivity contribution in [1.82, 2.24) is 19.6 Å². The van der Waals surface area contributed by atoms with E-state index in [1.165, 1.54) is 7.05 Å². The molecule has 1 aromatic heterocycles. The predicted molar refractivity (Wildman–Crippen MR) is 61.4 cm³/mol. The molecule has 0 fully saturated rings. The van der Waals surface area contributed by atoms with Crippen molar-refractivity contribution in [3.63, 3.8) is 0 Å². The van der Waals surface area contributed by atoms with Crippen molar-refractivity contribution in [2.45, 2.75) is 4.90 Å². The van der Waals surface area contributed by atoms with Gasteiger partial charge in [0.1, 0.15) is 0 Å². The molecular weight excluding hydrogens is 248 g/mol. The van der Waals surface area contributed by atoms with E-state index in [4.69, 9.17) is 0 Å². The molecule has 0 amide bonds. The fourth-order valence-electron chi connectivity index (χ4n) is 1.15. The number of sulfonamides is 1. The van der Waals surface area contributed by atoms with E-state index >= 15 is 0 Å². The van der Waals surface area contributed by atoms with Gasteiger partial charge in [-0.25, -0.2) is 13.2 Å². The van der Waals surface area contributed by atoms with Crippen LogP contribution in [0.2, 0.25) is 0 Å². The molecule has 0 atom stereocenters. The lowest BCUT2D eigenvalue weighted by molar-refractivity contribution is 0.464. The lowest BCUT2D eigenvalue weighted by atomic mass is 10.6. The smallest absolute Gasteiger partial charge is 0.318 e. The van der Waals surface area contributed by atoms with Crippen LogP contribution in [0, 0.1) is 0 Å². The zero-order valence-electron chi connectivity index (χ0n) is 9.48. The van der Waals surface area contributed by atoms with Gasteiger partial charge in [-0.15, -0.1) is 0 Å². The van der Waals surface area contributed by atoms with Gasteiger partial charge >= 0.3 is 5.69 Å². The maximum atomic E-state index is 11.9. The van der Waals surface area contributed by atoms with Gasteiger partial charge in [0.15, 0.2) is 4.90 Å². The number of nitrogens with zero attached hydrogens (tertiary/aromatic N) is 1. The lowest BCUT2D eigenvalue weighted by Gasteiger charge is -2.15. The highest BCUT2D eigenvalue weighted by atomic mass is 32.2. The third-order valence-electron chi connectivity index (χ3n) is 2.15. The Balaban J connectivity index is 3.13. The van der Waals surface area contributed by atoms with Gasteiger partial charge < -0.3 is 10.3 Å². The fourth-order valence-corrected chi connectivity index (χ4v) is 2.31. The summed E-state index contributed by atoms with van der Waals surface area (Å²) < 4.78 is 24.9. The Morgan fingerprint density at radius 2 is 2.06 bits per heavy atom. The van der Waals surface area contributed by atoms with Crippen molar-refractivity contribution < 1.29 is 8.42 Å². The summed E-state index contributed by atoms with van der Waals surface area (Å²) in [5.74, 6) is 0. The molecule has 8 nitrogen and oxygen atoms in total. The Morgan fingerprint density at radius 3 is 2.59 bits per heavy atom. The summed E-state index contributed by atoms with van der Waals surface area (Å²) in [7, 11) is -0.833. The van der Waals surface area contributed by atoms with Gasteiger partial charge in [0, 0.05) is 26.3 Å². The van der Waals surface area contributed by atoms with Crippen LogP contribution in [0.4, 0.5) is 0 Å². The summed E-state index contributed by atoms with van der Waals surface area (Å²) in [5, 5.41) is 2.80. The number of nitrogens with one attached hydrogen (secondary N) is 3. The fraction of sp³-hybridized carbons (Fsp3) is 0.500. The zero-order chi connectivity index (χ0) is 13.1. The Bertz CT molecular complexity index is 588. The van der Waals surface area contributed by atoms with Crippen LogP contribution >= 0.6 is 0 Å². The molecule has 3 N–H and O–H groups in total. The topological polar surface area (TPSA) is 115 Å². The first-order valence-electron chi connectivity index (χ1n) is 4.82. The van der Waals surface area contributed by atoms with Crippen molar-refractivity contribution in [2.75, 3.05) is 27.2 Å². The van der Waals surface area contributed by atoms with Crippen LogP contribution in [-0.2, 0) is 10.0 Å². The normalized spacial score (nSPS) is 11.9. The average molecular weight is 262 g/mol. The molecule has 0 aliphatic heterocycles. The number of aromatic amines is 2. The van der Waals surface area contributed by atoms with Crippen LogP contribution in [0.3, 0.4) is 0 Å². The predicted octanol–water partition coefficient (Wildman–Crippen LogP) is -2.10. The number of H-pyrrole nitrogens is 2. The van der Waals surface area contributed by atoms with Crippen molar-refractivity contribution in [1.29, 1.82) is 0 Å². The van der Waals surface area contributed by atoms with Gasteiger partial charge in [0.2, 0.25) is 10.0 Å². The summed E-state index contributed by atoms with van der Waals surface area (Å²) in [5.41, 5.74) is -1.67. The summed E-state index contributed by atoms with van der Waals surface area (Å²) in [6, 6.07) is 0. The minimum Gasteiger partial charge on any atom is -0.318 e. The molecule has 1 heterocycles. The number of likely N-dealkylation sites (N-methyl/N-ethyl adjacent to an activating group) is 2. The Labute approximate surface area is 97.7 Å². The minimum atomic E-state index is -3.88. The molecule has 0 spiro atoms. The molecule has 0 aliphatic rings. The molecule has 0 aliphatic carbocycles. The van der Waals surface area contributed by atoms with Crippen LogP contribution in [0.25, 0.3) is 0 Å². The van der Waals surface area contributed by atoms with E-state index in [0.717, 1.165) is 10.5 Å². The van der Waals surface area contributed by atoms with Crippen molar-refractivity contribution in [2.24, 2.45) is 0 Å². The van der Waals surface area contributed by atoms with E-state index in [1.54, 1.807) is 7.05 Å². The first-order valence-corrected chi connectivity index (χ1v) is 6.26. The number of hydrogen-bond acceptors (Lipinski definition) is 5. The van der Waals surface area contributed by atoms with Crippen LogP contribution in [0.5, 0.6) is 0 Å². The second-order valence-corrected chi connectivity index (χ2v) is 5.38. The first kappa shape index (κ1) is 13.6. The molecule has 96 valence electrons. The van der Waals surface area contributed by atoms with Crippen molar-refractivity contribution in [3.8, 4) is 0 Å². The van der Waals surface area contributed by atoms with E-state index in [1.807, 2.05) is 4.98 Å². The average Bonchev–Trinajstić information content (AvgIpc) is 2.25. The van der Waals surface area contributed by atoms with E-state index in [0.29, 0.717) is 6.54 Å². The molecule has 0 saturated heterocycles. The van der Waals surface area contributed by atoms with Gasteiger partial charge in [-0.3, -0.25) is 9.78 Å². The second kappa shape index (κ2) is 5.25. The van der Waals surface area contributed by atoms with Crippen LogP contribution in [0.15, 0.2) is 20.7 Å². The molecule has 9 heteroatoms. The molecular formula is C8H14N4O4S. The number of aromatic nitrogens is 2. The van der Waals surface area contributed by atoms with Crippen LogP contribution in [0.1, 0.15) is 0 Å². The molecule has 1 rings (SSSR count). The summed E-state index contributed by atoms with van der Waals surface area (Å²) in [6.45, 7) is 0.675. The summed E-state index contributed by atoms with van der Waals surface area (Å²) in [6.07, 6.45) is 0.895. The SMILES string of the molecule is CNCCN(C)S(=O)(=O)c1c[nH]c(=O)[nH]c1=O. The maximum Gasteiger partial charge on any atom is 0.325 e. The van der Waals surface area contributed by atoms with Crippen LogP contribution in [-0.4, -0.2) is 49.9 Å². The molecule has 0 aromatic carbocycles. The highest BCUT2D eigenvalue weighted by Crippen LogP contribution is 2.06. The van der Waals surface area contributed by atoms with Crippen molar-refractivity contribution >= 4 is 10.0 Å². The third kappa shape index (κ3) is 3.02. The largest absolute Gasteiger partial charge is 0.325 e. The molecule has 17 heavy (non-hydrogen) atoms. The van der Waals surface area contributed by atoms with Gasteiger partial charge in [0.25, 0.3) is 5.56 Å². The third-order valence-corrected chi connectivity index (χ3v) is 4.01. The highest BCUT2D eigenvalue weighted by molar-refractivity contribution is 7.89.